The molecule has 1 unspecified atom stereocenters. The highest BCUT2D eigenvalue weighted by molar-refractivity contribution is 9.10. The fourth-order valence-corrected chi connectivity index (χ4v) is 1.87. The summed E-state index contributed by atoms with van der Waals surface area (Å²) < 4.78 is 33.0. The van der Waals surface area contributed by atoms with Crippen molar-refractivity contribution in [3.05, 3.63) is 58.1 Å². The highest BCUT2D eigenvalue weighted by atomic mass is 79.9. The molecule has 0 saturated heterocycles. The summed E-state index contributed by atoms with van der Waals surface area (Å²) in [6.07, 6.45) is -0.770. The number of rotatable bonds is 3. The van der Waals surface area contributed by atoms with Crippen molar-refractivity contribution in [2.24, 2.45) is 0 Å². The average Bonchev–Trinajstić information content (AvgIpc) is 2.34. The van der Waals surface area contributed by atoms with Crippen LogP contribution in [0.2, 0.25) is 0 Å². The van der Waals surface area contributed by atoms with Gasteiger partial charge in [0.2, 0.25) is 0 Å². The van der Waals surface area contributed by atoms with Gasteiger partial charge in [0, 0.05) is 4.47 Å². The molecule has 2 aromatic rings. The Bertz CT molecular complexity index is 600. The van der Waals surface area contributed by atoms with Crippen molar-refractivity contribution in [3.63, 3.8) is 0 Å². The molecule has 0 aromatic heterocycles. The molecule has 2 aromatic carbocycles. The van der Waals surface area contributed by atoms with Gasteiger partial charge in [-0.25, -0.2) is 8.78 Å². The van der Waals surface area contributed by atoms with Gasteiger partial charge in [0.15, 0.2) is 23.1 Å². The Hall–Kier alpha value is -1.46. The number of benzene rings is 2. The van der Waals surface area contributed by atoms with Gasteiger partial charge in [0.1, 0.15) is 0 Å². The summed E-state index contributed by atoms with van der Waals surface area (Å²) in [7, 11) is 0. The van der Waals surface area contributed by atoms with Crippen molar-refractivity contribution in [2.45, 2.75) is 13.0 Å². The highest BCUT2D eigenvalue weighted by Gasteiger charge is 2.11. The molecule has 0 aliphatic carbocycles. The summed E-state index contributed by atoms with van der Waals surface area (Å²) in [5.74, 6) is -1.40. The Morgan fingerprint density at radius 2 is 1.63 bits per heavy atom. The second-order valence-electron chi connectivity index (χ2n) is 4.04. The molecular formula is C14H11BrF2O2. The predicted molar refractivity (Wildman–Crippen MR) is 71.2 cm³/mol. The van der Waals surface area contributed by atoms with E-state index in [9.17, 15) is 13.9 Å². The molecule has 1 atom stereocenters. The SMILES string of the molecule is CC(O)c1ccc(Oc2ccc(Br)cc2F)c(F)c1. The third-order valence-corrected chi connectivity index (χ3v) is 3.05. The van der Waals surface area contributed by atoms with Gasteiger partial charge in [0.25, 0.3) is 0 Å². The summed E-state index contributed by atoms with van der Waals surface area (Å²) in [6, 6.07) is 8.29. The molecule has 0 spiro atoms. The highest BCUT2D eigenvalue weighted by Crippen LogP contribution is 2.29. The van der Waals surface area contributed by atoms with E-state index in [1.807, 2.05) is 0 Å². The Kier molecular flexibility index (Phi) is 4.17. The van der Waals surface area contributed by atoms with E-state index in [0.717, 1.165) is 6.07 Å². The normalized spacial score (nSPS) is 12.3. The number of ether oxygens (including phenoxy) is 1. The van der Waals surface area contributed by atoms with Crippen LogP contribution in [0.15, 0.2) is 40.9 Å². The third-order valence-electron chi connectivity index (χ3n) is 2.55. The molecule has 1 N–H and O–H groups in total. The number of aliphatic hydroxyl groups excluding tert-OH is 1. The molecule has 5 heteroatoms. The van der Waals surface area contributed by atoms with E-state index >= 15 is 0 Å². The summed E-state index contributed by atoms with van der Waals surface area (Å²) in [4.78, 5) is 0. The van der Waals surface area contributed by atoms with E-state index in [1.165, 1.54) is 31.2 Å². The number of hydrogen-bond donors (Lipinski definition) is 1. The van der Waals surface area contributed by atoms with Crippen LogP contribution in [0.5, 0.6) is 11.5 Å². The first-order chi connectivity index (χ1) is 8.97. The molecule has 0 saturated carbocycles. The Labute approximate surface area is 117 Å². The third kappa shape index (κ3) is 3.30. The van der Waals surface area contributed by atoms with Crippen molar-refractivity contribution >= 4 is 15.9 Å². The Balaban J connectivity index is 2.28. The van der Waals surface area contributed by atoms with Gasteiger partial charge in [-0.1, -0.05) is 22.0 Å². The lowest BCUT2D eigenvalue weighted by atomic mass is 10.1. The molecule has 0 fully saturated rings. The Morgan fingerprint density at radius 1 is 1.05 bits per heavy atom. The number of hydrogen-bond acceptors (Lipinski definition) is 2. The first-order valence-electron chi connectivity index (χ1n) is 5.58. The number of halogens is 3. The number of aliphatic hydroxyl groups is 1. The molecule has 0 heterocycles. The van der Waals surface area contributed by atoms with Crippen LogP contribution in [0, 0.1) is 11.6 Å². The molecule has 0 bridgehead atoms. The van der Waals surface area contributed by atoms with Gasteiger partial charge in [-0.2, -0.15) is 0 Å². The molecule has 19 heavy (non-hydrogen) atoms. The van der Waals surface area contributed by atoms with Crippen LogP contribution in [0.1, 0.15) is 18.6 Å². The van der Waals surface area contributed by atoms with Crippen LogP contribution in [0.25, 0.3) is 0 Å². The quantitative estimate of drug-likeness (QED) is 0.894. The fraction of sp³-hybridized carbons (Fsp3) is 0.143. The molecular weight excluding hydrogens is 318 g/mol. The van der Waals surface area contributed by atoms with Gasteiger partial charge in [0.05, 0.1) is 6.10 Å². The van der Waals surface area contributed by atoms with Gasteiger partial charge in [-0.15, -0.1) is 0 Å². The minimum atomic E-state index is -0.770. The predicted octanol–water partition coefficient (Wildman–Crippen LogP) is 4.57. The maximum atomic E-state index is 13.7. The second-order valence-corrected chi connectivity index (χ2v) is 4.96. The first kappa shape index (κ1) is 14.0. The molecule has 0 amide bonds. The van der Waals surface area contributed by atoms with Crippen LogP contribution in [-0.4, -0.2) is 5.11 Å². The fourth-order valence-electron chi connectivity index (χ4n) is 1.54. The van der Waals surface area contributed by atoms with E-state index < -0.39 is 17.7 Å². The summed E-state index contributed by atoms with van der Waals surface area (Å²) in [6.45, 7) is 1.53. The molecule has 100 valence electrons. The topological polar surface area (TPSA) is 29.5 Å². The lowest BCUT2D eigenvalue weighted by Gasteiger charge is -2.10. The summed E-state index contributed by atoms with van der Waals surface area (Å²) in [5.41, 5.74) is 0.432. The largest absolute Gasteiger partial charge is 0.451 e. The van der Waals surface area contributed by atoms with Gasteiger partial charge >= 0.3 is 0 Å². The molecule has 2 nitrogen and oxygen atoms in total. The molecule has 2 rings (SSSR count). The first-order valence-corrected chi connectivity index (χ1v) is 6.37. The molecule has 0 aliphatic heterocycles. The van der Waals surface area contributed by atoms with Crippen molar-refractivity contribution < 1.29 is 18.6 Å². The summed E-state index contributed by atoms with van der Waals surface area (Å²) >= 11 is 3.12. The van der Waals surface area contributed by atoms with Crippen LogP contribution >= 0.6 is 15.9 Å². The van der Waals surface area contributed by atoms with Crippen LogP contribution < -0.4 is 4.74 Å². The molecule has 0 aliphatic rings. The van der Waals surface area contributed by atoms with Gasteiger partial charge < -0.3 is 9.84 Å². The zero-order chi connectivity index (χ0) is 14.0. The Morgan fingerprint density at radius 3 is 2.16 bits per heavy atom. The van der Waals surface area contributed by atoms with E-state index in [1.54, 1.807) is 6.07 Å². The second kappa shape index (κ2) is 5.67. The lowest BCUT2D eigenvalue weighted by Crippen LogP contribution is -1.95. The van der Waals surface area contributed by atoms with E-state index in [0.29, 0.717) is 10.0 Å². The zero-order valence-corrected chi connectivity index (χ0v) is 11.6. The summed E-state index contributed by atoms with van der Waals surface area (Å²) in [5, 5.41) is 9.33. The zero-order valence-electron chi connectivity index (χ0n) is 10.0. The minimum Gasteiger partial charge on any atom is -0.451 e. The maximum Gasteiger partial charge on any atom is 0.166 e. The van der Waals surface area contributed by atoms with E-state index in [2.05, 4.69) is 15.9 Å². The van der Waals surface area contributed by atoms with Crippen molar-refractivity contribution in [1.29, 1.82) is 0 Å². The van der Waals surface area contributed by atoms with Crippen molar-refractivity contribution in [2.75, 3.05) is 0 Å². The smallest absolute Gasteiger partial charge is 0.166 e. The van der Waals surface area contributed by atoms with Crippen molar-refractivity contribution in [3.8, 4) is 11.5 Å². The maximum absolute atomic E-state index is 13.7. The van der Waals surface area contributed by atoms with Crippen LogP contribution in [-0.2, 0) is 0 Å². The standard InChI is InChI=1S/C14H11BrF2O2/c1-8(18)9-2-4-13(11(16)6-9)19-14-5-3-10(15)7-12(14)17/h2-8,18H,1H3. The van der Waals surface area contributed by atoms with Gasteiger partial charge in [-0.3, -0.25) is 0 Å². The van der Waals surface area contributed by atoms with Crippen LogP contribution in [0.3, 0.4) is 0 Å². The van der Waals surface area contributed by atoms with E-state index in [-0.39, 0.29) is 11.5 Å². The average molecular weight is 329 g/mol. The minimum absolute atomic E-state index is 0.0631. The van der Waals surface area contributed by atoms with Crippen LogP contribution in [0.4, 0.5) is 8.78 Å². The lowest BCUT2D eigenvalue weighted by molar-refractivity contribution is 0.198. The van der Waals surface area contributed by atoms with Gasteiger partial charge in [-0.05, 0) is 42.8 Å². The van der Waals surface area contributed by atoms with E-state index in [4.69, 9.17) is 4.74 Å². The monoisotopic (exact) mass is 328 g/mol. The van der Waals surface area contributed by atoms with Crippen molar-refractivity contribution in [1.82, 2.24) is 0 Å². The molecule has 0 radical (unpaired) electrons.